The minimum atomic E-state index is -3.66. The normalized spacial score (nSPS) is 16.2. The number of ether oxygens (including phenoxy) is 2. The molecule has 0 aliphatic carbocycles. The number of nitrogens with zero attached hydrogens (tertiary/aromatic N) is 2. The van der Waals surface area contributed by atoms with E-state index in [1.807, 2.05) is 32.0 Å². The van der Waals surface area contributed by atoms with Crippen LogP contribution in [0.1, 0.15) is 38.7 Å². The number of thioether (sulfide) groups is 1. The van der Waals surface area contributed by atoms with E-state index in [4.69, 9.17) is 9.47 Å². The fourth-order valence-electron chi connectivity index (χ4n) is 4.57. The Hall–Kier alpha value is -2.76. The number of anilines is 1. The number of amides is 2. The number of carbonyl (C=O) groups is 2. The lowest BCUT2D eigenvalue weighted by Crippen LogP contribution is -2.44. The molecule has 0 atom stereocenters. The molecule has 38 heavy (non-hydrogen) atoms. The van der Waals surface area contributed by atoms with Gasteiger partial charge in [0.05, 0.1) is 29.5 Å². The number of hydrogen-bond donors (Lipinski definition) is 1. The van der Waals surface area contributed by atoms with E-state index < -0.39 is 10.0 Å². The summed E-state index contributed by atoms with van der Waals surface area (Å²) in [6, 6.07) is 10.6. The molecule has 0 spiro atoms. The van der Waals surface area contributed by atoms with Crippen LogP contribution in [0.3, 0.4) is 0 Å². The van der Waals surface area contributed by atoms with Gasteiger partial charge in [-0.05, 0) is 69.0 Å². The Bertz CT molecular complexity index is 1260. The number of sulfonamides is 1. The van der Waals surface area contributed by atoms with Gasteiger partial charge in [0.25, 0.3) is 0 Å². The summed E-state index contributed by atoms with van der Waals surface area (Å²) in [4.78, 5) is 27.9. The Morgan fingerprint density at radius 2 is 1.74 bits per heavy atom. The molecule has 4 rings (SSSR count). The second kappa shape index (κ2) is 12.9. The van der Waals surface area contributed by atoms with Crippen molar-refractivity contribution < 1.29 is 27.5 Å². The van der Waals surface area contributed by atoms with Gasteiger partial charge in [0.1, 0.15) is 6.54 Å². The topological polar surface area (TPSA) is 105 Å². The van der Waals surface area contributed by atoms with E-state index in [9.17, 15) is 18.0 Å². The fraction of sp³-hybridized carbons (Fsp3) is 0.481. The van der Waals surface area contributed by atoms with Crippen LogP contribution < -0.4 is 19.7 Å². The lowest BCUT2D eigenvalue weighted by atomic mass is 10.1. The zero-order valence-electron chi connectivity index (χ0n) is 21.9. The molecular formula is C27H35N3O6S2. The van der Waals surface area contributed by atoms with Gasteiger partial charge < -0.3 is 19.7 Å². The molecule has 11 heteroatoms. The molecule has 1 saturated heterocycles. The summed E-state index contributed by atoms with van der Waals surface area (Å²) in [5.41, 5.74) is 1.45. The summed E-state index contributed by atoms with van der Waals surface area (Å²) >= 11 is 1.35. The van der Waals surface area contributed by atoms with Crippen molar-refractivity contribution in [2.75, 3.05) is 50.0 Å². The first-order valence-electron chi connectivity index (χ1n) is 13.1. The number of nitrogens with one attached hydrogen (secondary N) is 1. The minimum Gasteiger partial charge on any atom is -0.490 e. The number of benzene rings is 2. The van der Waals surface area contributed by atoms with Crippen molar-refractivity contribution in [2.24, 2.45) is 0 Å². The second-order valence-corrected chi connectivity index (χ2v) is 12.1. The molecule has 206 valence electrons. The summed E-state index contributed by atoms with van der Waals surface area (Å²) in [5.74, 6) is 1.02. The van der Waals surface area contributed by atoms with E-state index in [1.54, 1.807) is 12.1 Å². The number of rotatable bonds is 11. The molecule has 2 aromatic carbocycles. The van der Waals surface area contributed by atoms with E-state index >= 15 is 0 Å². The summed E-state index contributed by atoms with van der Waals surface area (Å²) in [7, 11) is -3.66. The molecule has 0 aromatic heterocycles. The standard InChI is InChI=1S/C27H35N3O6S2/c1-3-35-23-10-8-20(16-24(23)36-4-2)12-13-28-26(31)18-30-22-17-21(9-11-25(22)37-19-27(30)32)38(33,34)29-14-6-5-7-15-29/h8-11,16-17H,3-7,12-15,18-19H2,1-2H3,(H,28,31). The van der Waals surface area contributed by atoms with E-state index in [2.05, 4.69) is 5.32 Å². The van der Waals surface area contributed by atoms with Crippen LogP contribution in [-0.4, -0.2) is 69.7 Å². The van der Waals surface area contributed by atoms with Gasteiger partial charge in [-0.25, -0.2) is 8.42 Å². The second-order valence-electron chi connectivity index (χ2n) is 9.11. The van der Waals surface area contributed by atoms with Gasteiger partial charge in [-0.15, -0.1) is 11.8 Å². The molecule has 1 N–H and O–H groups in total. The molecule has 9 nitrogen and oxygen atoms in total. The lowest BCUT2D eigenvalue weighted by molar-refractivity contribution is -0.122. The molecule has 0 bridgehead atoms. The summed E-state index contributed by atoms with van der Waals surface area (Å²) < 4.78 is 39.2. The molecule has 2 aromatic rings. The molecular weight excluding hydrogens is 526 g/mol. The van der Waals surface area contributed by atoms with Crippen LogP contribution >= 0.6 is 11.8 Å². The van der Waals surface area contributed by atoms with Crippen molar-refractivity contribution in [3.63, 3.8) is 0 Å². The molecule has 2 aliphatic rings. The third kappa shape index (κ3) is 6.62. The highest BCUT2D eigenvalue weighted by Crippen LogP contribution is 2.37. The zero-order valence-corrected chi connectivity index (χ0v) is 23.5. The van der Waals surface area contributed by atoms with Crippen molar-refractivity contribution in [3.05, 3.63) is 42.0 Å². The Labute approximate surface area is 228 Å². The maximum atomic E-state index is 13.2. The van der Waals surface area contributed by atoms with Gasteiger partial charge in [0.2, 0.25) is 21.8 Å². The van der Waals surface area contributed by atoms with Crippen molar-refractivity contribution in [1.82, 2.24) is 9.62 Å². The zero-order chi connectivity index (χ0) is 27.1. The predicted octanol–water partition coefficient (Wildman–Crippen LogP) is 3.46. The van der Waals surface area contributed by atoms with Crippen LogP contribution in [0.15, 0.2) is 46.2 Å². The Morgan fingerprint density at radius 3 is 2.47 bits per heavy atom. The van der Waals surface area contributed by atoms with Gasteiger partial charge >= 0.3 is 0 Å². The largest absolute Gasteiger partial charge is 0.490 e. The Morgan fingerprint density at radius 1 is 1.00 bits per heavy atom. The fourth-order valence-corrected chi connectivity index (χ4v) is 7.02. The van der Waals surface area contributed by atoms with Gasteiger partial charge in [-0.3, -0.25) is 9.59 Å². The van der Waals surface area contributed by atoms with Crippen LogP contribution in [-0.2, 0) is 26.0 Å². The van der Waals surface area contributed by atoms with Crippen LogP contribution in [0, 0.1) is 0 Å². The van der Waals surface area contributed by atoms with Crippen molar-refractivity contribution in [1.29, 1.82) is 0 Å². The molecule has 2 heterocycles. The monoisotopic (exact) mass is 561 g/mol. The molecule has 0 unspecified atom stereocenters. The van der Waals surface area contributed by atoms with Gasteiger partial charge in [-0.1, -0.05) is 12.5 Å². The first-order valence-corrected chi connectivity index (χ1v) is 15.5. The van der Waals surface area contributed by atoms with E-state index in [1.165, 1.54) is 27.0 Å². The van der Waals surface area contributed by atoms with Crippen molar-refractivity contribution in [2.45, 2.75) is 49.3 Å². The maximum Gasteiger partial charge on any atom is 0.243 e. The highest BCUT2D eigenvalue weighted by Gasteiger charge is 2.31. The summed E-state index contributed by atoms with van der Waals surface area (Å²) in [6.07, 6.45) is 3.29. The van der Waals surface area contributed by atoms with Crippen LogP contribution in [0.25, 0.3) is 0 Å². The third-order valence-electron chi connectivity index (χ3n) is 6.47. The minimum absolute atomic E-state index is 0.152. The average Bonchev–Trinajstić information content (AvgIpc) is 2.92. The predicted molar refractivity (Wildman–Crippen MR) is 148 cm³/mol. The molecule has 2 aliphatic heterocycles. The first-order chi connectivity index (χ1) is 18.3. The average molecular weight is 562 g/mol. The lowest BCUT2D eigenvalue weighted by Gasteiger charge is -2.30. The van der Waals surface area contributed by atoms with E-state index in [0.717, 1.165) is 29.7 Å². The van der Waals surface area contributed by atoms with Crippen molar-refractivity contribution in [3.8, 4) is 11.5 Å². The number of piperidine rings is 1. The molecule has 0 saturated carbocycles. The summed E-state index contributed by atoms with van der Waals surface area (Å²) in [6.45, 7) is 6.09. The molecule has 2 amide bonds. The van der Waals surface area contributed by atoms with Gasteiger partial charge in [-0.2, -0.15) is 4.31 Å². The SMILES string of the molecule is CCOc1ccc(CCNC(=O)CN2C(=O)CSc3ccc(S(=O)(=O)N4CCCCC4)cc32)cc1OCC. The van der Waals surface area contributed by atoms with E-state index in [-0.39, 0.29) is 29.0 Å². The summed E-state index contributed by atoms with van der Waals surface area (Å²) in [5, 5.41) is 2.88. The highest BCUT2D eigenvalue weighted by molar-refractivity contribution is 8.00. The molecule has 0 radical (unpaired) electrons. The van der Waals surface area contributed by atoms with Gasteiger partial charge in [0, 0.05) is 24.5 Å². The van der Waals surface area contributed by atoms with Crippen molar-refractivity contribution >= 4 is 39.3 Å². The smallest absolute Gasteiger partial charge is 0.243 e. The third-order valence-corrected chi connectivity index (χ3v) is 9.41. The first kappa shape index (κ1) is 28.3. The Balaban J connectivity index is 1.41. The quantitative estimate of drug-likeness (QED) is 0.448. The number of carbonyl (C=O) groups excluding carboxylic acids is 2. The number of fused-ring (bicyclic) bond motifs is 1. The Kier molecular flexibility index (Phi) is 9.56. The van der Waals surface area contributed by atoms with Crippen LogP contribution in [0.4, 0.5) is 5.69 Å². The highest BCUT2D eigenvalue weighted by atomic mass is 32.2. The van der Waals surface area contributed by atoms with Crippen LogP contribution in [0.2, 0.25) is 0 Å². The van der Waals surface area contributed by atoms with Crippen LogP contribution in [0.5, 0.6) is 11.5 Å². The number of hydrogen-bond acceptors (Lipinski definition) is 7. The van der Waals surface area contributed by atoms with Gasteiger partial charge in [0.15, 0.2) is 11.5 Å². The molecule has 1 fully saturated rings. The van der Waals surface area contributed by atoms with E-state index in [0.29, 0.717) is 56.5 Å². The maximum absolute atomic E-state index is 13.2.